The molecule has 114 valence electrons. The van der Waals surface area contributed by atoms with Gasteiger partial charge in [-0.25, -0.2) is 4.79 Å². The molecule has 0 N–H and O–H groups in total. The zero-order valence-electron chi connectivity index (χ0n) is 12.8. The number of rotatable bonds is 3. The maximum atomic E-state index is 12.5. The zero-order valence-corrected chi connectivity index (χ0v) is 12.8. The van der Waals surface area contributed by atoms with E-state index in [4.69, 9.17) is 9.47 Å². The van der Waals surface area contributed by atoms with Gasteiger partial charge in [-0.15, -0.1) is 0 Å². The molecular formula is C16H27NO3. The van der Waals surface area contributed by atoms with Crippen LogP contribution in [0.5, 0.6) is 0 Å². The van der Waals surface area contributed by atoms with Crippen LogP contribution >= 0.6 is 0 Å². The van der Waals surface area contributed by atoms with Crippen LogP contribution in [0.2, 0.25) is 0 Å². The minimum atomic E-state index is -0.369. The molecule has 0 aliphatic carbocycles. The summed E-state index contributed by atoms with van der Waals surface area (Å²) in [4.78, 5) is 14.4. The van der Waals surface area contributed by atoms with Crippen molar-refractivity contribution in [3.05, 3.63) is 0 Å². The summed E-state index contributed by atoms with van der Waals surface area (Å²) in [6.45, 7) is 6.08. The van der Waals surface area contributed by atoms with E-state index in [9.17, 15) is 4.79 Å². The van der Waals surface area contributed by atoms with Gasteiger partial charge in [-0.1, -0.05) is 13.8 Å². The van der Waals surface area contributed by atoms with Crippen LogP contribution in [-0.2, 0) is 9.47 Å². The van der Waals surface area contributed by atoms with Gasteiger partial charge in [-0.05, 0) is 44.4 Å². The van der Waals surface area contributed by atoms with Gasteiger partial charge in [0.05, 0.1) is 12.2 Å². The maximum Gasteiger partial charge on any atom is 0.410 e. The van der Waals surface area contributed by atoms with E-state index in [-0.39, 0.29) is 17.8 Å². The fourth-order valence-corrected chi connectivity index (χ4v) is 4.08. The lowest BCUT2D eigenvalue weighted by molar-refractivity contribution is -0.0875. The van der Waals surface area contributed by atoms with Gasteiger partial charge < -0.3 is 14.4 Å². The van der Waals surface area contributed by atoms with Crippen molar-refractivity contribution in [1.29, 1.82) is 0 Å². The van der Waals surface area contributed by atoms with Gasteiger partial charge in [0.2, 0.25) is 0 Å². The van der Waals surface area contributed by atoms with Crippen LogP contribution < -0.4 is 0 Å². The molecule has 0 spiro atoms. The fraction of sp³-hybridized carbons (Fsp3) is 0.938. The molecule has 4 heteroatoms. The van der Waals surface area contributed by atoms with Crippen molar-refractivity contribution in [2.24, 2.45) is 5.92 Å². The SMILES string of the molecule is CCC(C)C1(OC(=O)N2CCCCC2)CC2CCC1O2. The Bertz CT molecular complexity index is 367. The van der Waals surface area contributed by atoms with E-state index in [1.54, 1.807) is 0 Å². The van der Waals surface area contributed by atoms with Crippen LogP contribution in [0.3, 0.4) is 0 Å². The van der Waals surface area contributed by atoms with Gasteiger partial charge in [0, 0.05) is 19.5 Å². The fourth-order valence-electron chi connectivity index (χ4n) is 4.08. The van der Waals surface area contributed by atoms with Crippen molar-refractivity contribution >= 4 is 6.09 Å². The molecule has 3 heterocycles. The Kier molecular flexibility index (Phi) is 3.93. The number of likely N-dealkylation sites (tertiary alicyclic amines) is 1. The number of carbonyl (C=O) groups is 1. The predicted molar refractivity (Wildman–Crippen MR) is 76.6 cm³/mol. The Labute approximate surface area is 121 Å². The first-order valence-electron chi connectivity index (χ1n) is 8.29. The number of carbonyl (C=O) groups excluding carboxylic acids is 1. The highest BCUT2D eigenvalue weighted by atomic mass is 16.6. The Hall–Kier alpha value is -0.770. The summed E-state index contributed by atoms with van der Waals surface area (Å²) < 4.78 is 12.1. The smallest absolute Gasteiger partial charge is 0.410 e. The third kappa shape index (κ3) is 2.32. The van der Waals surface area contributed by atoms with E-state index < -0.39 is 0 Å². The number of ether oxygens (including phenoxy) is 2. The van der Waals surface area contributed by atoms with E-state index in [0.717, 1.165) is 51.6 Å². The second kappa shape index (κ2) is 5.55. The molecule has 0 aromatic heterocycles. The van der Waals surface area contributed by atoms with Crippen molar-refractivity contribution < 1.29 is 14.3 Å². The lowest BCUT2D eigenvalue weighted by Crippen LogP contribution is -2.52. The molecule has 3 saturated heterocycles. The van der Waals surface area contributed by atoms with Crippen molar-refractivity contribution in [2.75, 3.05) is 13.1 Å². The molecule has 2 bridgehead atoms. The maximum absolute atomic E-state index is 12.5. The molecule has 0 aromatic carbocycles. The quantitative estimate of drug-likeness (QED) is 0.796. The minimum absolute atomic E-state index is 0.110. The van der Waals surface area contributed by atoms with E-state index in [1.807, 2.05) is 4.90 Å². The van der Waals surface area contributed by atoms with Crippen molar-refractivity contribution in [1.82, 2.24) is 4.90 Å². The molecule has 4 atom stereocenters. The predicted octanol–water partition coefficient (Wildman–Crippen LogP) is 3.35. The number of piperidine rings is 1. The summed E-state index contributed by atoms with van der Waals surface area (Å²) in [5.74, 6) is 0.367. The molecular weight excluding hydrogens is 254 g/mol. The van der Waals surface area contributed by atoms with Crippen molar-refractivity contribution in [3.8, 4) is 0 Å². The van der Waals surface area contributed by atoms with Gasteiger partial charge in [0.1, 0.15) is 5.60 Å². The molecule has 0 radical (unpaired) electrons. The Morgan fingerprint density at radius 1 is 1.35 bits per heavy atom. The van der Waals surface area contributed by atoms with E-state index in [2.05, 4.69) is 13.8 Å². The lowest BCUT2D eigenvalue weighted by Gasteiger charge is -2.41. The number of hydrogen-bond acceptors (Lipinski definition) is 3. The van der Waals surface area contributed by atoms with Crippen molar-refractivity contribution in [2.45, 2.75) is 76.6 Å². The van der Waals surface area contributed by atoms with Crippen LogP contribution in [0, 0.1) is 5.92 Å². The lowest BCUT2D eigenvalue weighted by atomic mass is 9.75. The first-order valence-corrected chi connectivity index (χ1v) is 8.29. The average molecular weight is 281 g/mol. The highest BCUT2D eigenvalue weighted by Gasteiger charge is 2.57. The molecule has 3 fully saturated rings. The number of hydrogen-bond donors (Lipinski definition) is 0. The first-order chi connectivity index (χ1) is 9.65. The van der Waals surface area contributed by atoms with E-state index in [0.29, 0.717) is 12.0 Å². The molecule has 1 amide bonds. The molecule has 3 aliphatic heterocycles. The molecule has 0 aromatic rings. The zero-order chi connectivity index (χ0) is 14.2. The Balaban J connectivity index is 1.72. The van der Waals surface area contributed by atoms with E-state index in [1.165, 1.54) is 6.42 Å². The summed E-state index contributed by atoms with van der Waals surface area (Å²) in [6, 6.07) is 0. The van der Waals surface area contributed by atoms with Crippen LogP contribution in [-0.4, -0.2) is 41.9 Å². The van der Waals surface area contributed by atoms with Gasteiger partial charge in [0.25, 0.3) is 0 Å². The summed E-state index contributed by atoms with van der Waals surface area (Å²) in [7, 11) is 0. The van der Waals surface area contributed by atoms with Gasteiger partial charge in [-0.3, -0.25) is 0 Å². The molecule has 3 aliphatic rings. The normalized spacial score (nSPS) is 38.0. The topological polar surface area (TPSA) is 38.8 Å². The van der Waals surface area contributed by atoms with Gasteiger partial charge >= 0.3 is 6.09 Å². The van der Waals surface area contributed by atoms with Crippen LogP contribution in [0.1, 0.15) is 58.8 Å². The highest BCUT2D eigenvalue weighted by Crippen LogP contribution is 2.49. The molecule has 0 saturated carbocycles. The number of fused-ring (bicyclic) bond motifs is 2. The summed E-state index contributed by atoms with van der Waals surface area (Å²) in [5.41, 5.74) is -0.369. The molecule has 3 rings (SSSR count). The second-order valence-corrected chi connectivity index (χ2v) is 6.71. The van der Waals surface area contributed by atoms with Crippen LogP contribution in [0.4, 0.5) is 4.79 Å². The Morgan fingerprint density at radius 3 is 2.65 bits per heavy atom. The standard InChI is InChI=1S/C16H27NO3/c1-3-12(2)16(11-13-7-8-14(16)19-13)20-15(18)17-9-5-4-6-10-17/h12-14H,3-11H2,1-2H3. The van der Waals surface area contributed by atoms with Crippen LogP contribution in [0.15, 0.2) is 0 Å². The number of nitrogens with zero attached hydrogens (tertiary/aromatic N) is 1. The summed E-state index contributed by atoms with van der Waals surface area (Å²) in [6.07, 6.45) is 7.86. The summed E-state index contributed by atoms with van der Waals surface area (Å²) >= 11 is 0. The largest absolute Gasteiger partial charge is 0.440 e. The van der Waals surface area contributed by atoms with E-state index >= 15 is 0 Å². The number of amides is 1. The highest BCUT2D eigenvalue weighted by molar-refractivity contribution is 5.68. The Morgan fingerprint density at radius 2 is 2.10 bits per heavy atom. The first kappa shape index (κ1) is 14.2. The molecule has 4 unspecified atom stereocenters. The minimum Gasteiger partial charge on any atom is -0.440 e. The molecule has 4 nitrogen and oxygen atoms in total. The van der Waals surface area contributed by atoms with Crippen molar-refractivity contribution in [3.63, 3.8) is 0 Å². The van der Waals surface area contributed by atoms with Crippen LogP contribution in [0.25, 0.3) is 0 Å². The van der Waals surface area contributed by atoms with Gasteiger partial charge in [-0.2, -0.15) is 0 Å². The van der Waals surface area contributed by atoms with Gasteiger partial charge in [0.15, 0.2) is 0 Å². The third-order valence-electron chi connectivity index (χ3n) is 5.54. The monoisotopic (exact) mass is 281 g/mol. The second-order valence-electron chi connectivity index (χ2n) is 6.71. The third-order valence-corrected chi connectivity index (χ3v) is 5.54. The summed E-state index contributed by atoms with van der Waals surface area (Å²) in [5, 5.41) is 0. The average Bonchev–Trinajstić information content (AvgIpc) is 3.08. The molecule has 20 heavy (non-hydrogen) atoms.